The molecule has 4 heteroatoms. The van der Waals surface area contributed by atoms with Crippen molar-refractivity contribution in [1.29, 1.82) is 0 Å². The van der Waals surface area contributed by atoms with Gasteiger partial charge in [0.15, 0.2) is 0 Å². The molecule has 0 aliphatic rings. The molecule has 0 fully saturated rings. The number of rotatable bonds is 20. The van der Waals surface area contributed by atoms with Gasteiger partial charge in [0.25, 0.3) is 5.91 Å². The predicted octanol–water partition coefficient (Wildman–Crippen LogP) is 8.88. The van der Waals surface area contributed by atoms with E-state index in [1.54, 1.807) is 0 Å². The summed E-state index contributed by atoms with van der Waals surface area (Å²) in [6.45, 7) is 3.98. The summed E-state index contributed by atoms with van der Waals surface area (Å²) < 4.78 is 2.41. The molecule has 3 rings (SSSR count). The van der Waals surface area contributed by atoms with E-state index in [0.29, 0.717) is 12.1 Å². The van der Waals surface area contributed by atoms with E-state index in [1.165, 1.54) is 95.4 Å². The van der Waals surface area contributed by atoms with Crippen LogP contribution in [0, 0.1) is 0 Å². The maximum absolute atomic E-state index is 12.3. The van der Waals surface area contributed by atoms with Gasteiger partial charge in [0.2, 0.25) is 0 Å². The van der Waals surface area contributed by atoms with Crippen LogP contribution >= 0.6 is 0 Å². The van der Waals surface area contributed by atoms with Gasteiger partial charge in [-0.1, -0.05) is 121 Å². The van der Waals surface area contributed by atoms with E-state index in [9.17, 15) is 4.79 Å². The third-order valence-electron chi connectivity index (χ3n) is 7.37. The van der Waals surface area contributed by atoms with E-state index in [-0.39, 0.29) is 5.91 Å². The number of nitrogens with one attached hydrogen (secondary N) is 1. The number of hydrogen-bond donors (Lipinski definition) is 1. The van der Waals surface area contributed by atoms with Crippen LogP contribution in [-0.2, 0) is 13.0 Å². The van der Waals surface area contributed by atoms with Crippen molar-refractivity contribution in [2.75, 3.05) is 6.54 Å². The van der Waals surface area contributed by atoms with Crippen LogP contribution in [0.15, 0.2) is 54.6 Å². The van der Waals surface area contributed by atoms with Gasteiger partial charge >= 0.3 is 0 Å². The molecule has 0 unspecified atom stereocenters. The first kappa shape index (κ1) is 28.9. The topological polar surface area (TPSA) is 46.9 Å². The molecule has 0 aliphatic heterocycles. The predicted molar refractivity (Wildman–Crippen MR) is 157 cm³/mol. The molecule has 0 spiro atoms. The first-order chi connectivity index (χ1) is 18.3. The van der Waals surface area contributed by atoms with Crippen LogP contribution in [0.3, 0.4) is 0 Å². The van der Waals surface area contributed by atoms with Gasteiger partial charge in [0.05, 0.1) is 11.0 Å². The second-order valence-electron chi connectivity index (χ2n) is 10.5. The highest BCUT2D eigenvalue weighted by molar-refractivity contribution is 5.94. The van der Waals surface area contributed by atoms with Crippen molar-refractivity contribution < 1.29 is 4.79 Å². The lowest BCUT2D eigenvalue weighted by molar-refractivity contribution is 0.0953. The number of fused-ring (bicyclic) bond motifs is 1. The molecule has 1 heterocycles. The molecule has 0 bridgehead atoms. The Bertz CT molecular complexity index is 1010. The van der Waals surface area contributed by atoms with E-state index in [4.69, 9.17) is 4.98 Å². The first-order valence-corrected chi connectivity index (χ1v) is 15.1. The van der Waals surface area contributed by atoms with Crippen molar-refractivity contribution in [1.82, 2.24) is 14.9 Å². The molecule has 3 aromatic rings. The normalized spacial score (nSPS) is 11.3. The molecule has 0 radical (unpaired) electrons. The van der Waals surface area contributed by atoms with Crippen LogP contribution in [0.4, 0.5) is 0 Å². The number of nitrogens with zero attached hydrogens (tertiary/aromatic N) is 2. The molecular formula is C33H49N3O. The minimum atomic E-state index is -0.00323. The maximum atomic E-state index is 12.3. The summed E-state index contributed by atoms with van der Waals surface area (Å²) in [4.78, 5) is 17.2. The zero-order valence-electron chi connectivity index (χ0n) is 23.2. The number of hydrogen-bond acceptors (Lipinski definition) is 2. The van der Waals surface area contributed by atoms with Gasteiger partial charge in [-0.05, 0) is 37.1 Å². The summed E-state index contributed by atoms with van der Waals surface area (Å²) in [5.74, 6) is 1.14. The highest BCUT2D eigenvalue weighted by Gasteiger charge is 2.10. The van der Waals surface area contributed by atoms with Crippen LogP contribution in [0.25, 0.3) is 11.0 Å². The van der Waals surface area contributed by atoms with Gasteiger partial charge < -0.3 is 9.88 Å². The van der Waals surface area contributed by atoms with Gasteiger partial charge in [-0.15, -0.1) is 0 Å². The Morgan fingerprint density at radius 3 is 1.92 bits per heavy atom. The molecule has 4 nitrogen and oxygen atoms in total. The molecule has 1 N–H and O–H groups in total. The fourth-order valence-electron chi connectivity index (χ4n) is 5.17. The second-order valence-corrected chi connectivity index (χ2v) is 10.5. The van der Waals surface area contributed by atoms with Crippen molar-refractivity contribution in [3.63, 3.8) is 0 Å². The molecule has 0 atom stereocenters. The summed E-state index contributed by atoms with van der Waals surface area (Å²) in [7, 11) is 0. The number of aromatic nitrogens is 2. The SMILES string of the molecule is CCCCCCCCCCCCCCCCn1c(CCCNC(=O)c2ccccc2)nc2ccccc21. The standard InChI is InChI=1S/C33H49N3O/c1-2-3-4-5-6-7-8-9-10-11-12-13-14-20-28-36-31-25-19-18-24-30(31)35-32(36)26-21-27-34-33(37)29-22-16-15-17-23-29/h15-19,22-25H,2-14,20-21,26-28H2,1H3,(H,34,37). The number of imidazole rings is 1. The van der Waals surface area contributed by atoms with E-state index in [1.807, 2.05) is 30.3 Å². The Morgan fingerprint density at radius 2 is 1.27 bits per heavy atom. The third kappa shape index (κ3) is 10.7. The average molecular weight is 504 g/mol. The number of unbranched alkanes of at least 4 members (excludes halogenated alkanes) is 13. The van der Waals surface area contributed by atoms with Gasteiger partial charge in [0.1, 0.15) is 5.82 Å². The Labute approximate surface area is 225 Å². The number of amides is 1. The fourth-order valence-corrected chi connectivity index (χ4v) is 5.17. The lowest BCUT2D eigenvalue weighted by atomic mass is 10.0. The highest BCUT2D eigenvalue weighted by Crippen LogP contribution is 2.19. The van der Waals surface area contributed by atoms with Gasteiger partial charge in [-0.3, -0.25) is 4.79 Å². The summed E-state index contributed by atoms with van der Waals surface area (Å²) >= 11 is 0. The molecule has 0 saturated heterocycles. The zero-order valence-corrected chi connectivity index (χ0v) is 23.2. The summed E-state index contributed by atoms with van der Waals surface area (Å²) in [6, 6.07) is 17.9. The molecular weight excluding hydrogens is 454 g/mol. The Kier molecular flexibility index (Phi) is 13.9. The quantitative estimate of drug-likeness (QED) is 0.156. The average Bonchev–Trinajstić information content (AvgIpc) is 3.29. The summed E-state index contributed by atoms with van der Waals surface area (Å²) in [5, 5.41) is 3.04. The van der Waals surface area contributed by atoms with Gasteiger partial charge in [0, 0.05) is 25.1 Å². The van der Waals surface area contributed by atoms with Crippen molar-refractivity contribution in [3.8, 4) is 0 Å². The van der Waals surface area contributed by atoms with Crippen LogP contribution in [0.1, 0.15) is 119 Å². The smallest absolute Gasteiger partial charge is 0.251 e. The molecule has 202 valence electrons. The van der Waals surface area contributed by atoms with E-state index < -0.39 is 0 Å². The number of para-hydroxylation sites is 2. The van der Waals surface area contributed by atoms with Crippen LogP contribution in [0.5, 0.6) is 0 Å². The van der Waals surface area contributed by atoms with Crippen LogP contribution in [-0.4, -0.2) is 22.0 Å². The third-order valence-corrected chi connectivity index (χ3v) is 7.37. The number of benzene rings is 2. The lowest BCUT2D eigenvalue weighted by Gasteiger charge is -2.10. The molecule has 1 amide bonds. The van der Waals surface area contributed by atoms with E-state index in [0.717, 1.165) is 30.7 Å². The number of carbonyl (C=O) groups is 1. The fraction of sp³-hybridized carbons (Fsp3) is 0.576. The van der Waals surface area contributed by atoms with Gasteiger partial charge in [-0.25, -0.2) is 4.98 Å². The minimum Gasteiger partial charge on any atom is -0.352 e. The second kappa shape index (κ2) is 17.8. The monoisotopic (exact) mass is 503 g/mol. The van der Waals surface area contributed by atoms with Gasteiger partial charge in [-0.2, -0.15) is 0 Å². The van der Waals surface area contributed by atoms with Crippen LogP contribution in [0.2, 0.25) is 0 Å². The maximum Gasteiger partial charge on any atom is 0.251 e. The highest BCUT2D eigenvalue weighted by atomic mass is 16.1. The Hall–Kier alpha value is -2.62. The Balaban J connectivity index is 1.31. The Morgan fingerprint density at radius 1 is 0.703 bits per heavy atom. The van der Waals surface area contributed by atoms with E-state index >= 15 is 0 Å². The van der Waals surface area contributed by atoms with Crippen LogP contribution < -0.4 is 5.32 Å². The molecule has 0 saturated carbocycles. The lowest BCUT2D eigenvalue weighted by Crippen LogP contribution is -2.24. The number of carbonyl (C=O) groups excluding carboxylic acids is 1. The number of aryl methyl sites for hydroxylation is 2. The summed E-state index contributed by atoms with van der Waals surface area (Å²) in [5.41, 5.74) is 3.03. The first-order valence-electron chi connectivity index (χ1n) is 15.1. The molecule has 2 aromatic carbocycles. The summed E-state index contributed by atoms with van der Waals surface area (Å²) in [6.07, 6.45) is 21.1. The van der Waals surface area contributed by atoms with E-state index in [2.05, 4.69) is 41.1 Å². The van der Waals surface area contributed by atoms with Crippen molar-refractivity contribution >= 4 is 16.9 Å². The zero-order chi connectivity index (χ0) is 26.0. The van der Waals surface area contributed by atoms with Crippen molar-refractivity contribution in [2.24, 2.45) is 0 Å². The minimum absolute atomic E-state index is 0.00323. The van der Waals surface area contributed by atoms with Crippen molar-refractivity contribution in [2.45, 2.75) is 116 Å². The van der Waals surface area contributed by atoms with Crippen molar-refractivity contribution in [3.05, 3.63) is 66.0 Å². The molecule has 1 aromatic heterocycles. The largest absolute Gasteiger partial charge is 0.352 e. The molecule has 37 heavy (non-hydrogen) atoms. The molecule has 0 aliphatic carbocycles.